The minimum absolute atomic E-state index is 0.0104. The second-order valence-corrected chi connectivity index (χ2v) is 8.06. The van der Waals surface area contributed by atoms with Gasteiger partial charge in [0.05, 0.1) is 5.75 Å². The summed E-state index contributed by atoms with van der Waals surface area (Å²) in [6.45, 7) is 8.44. The van der Waals surface area contributed by atoms with E-state index in [0.29, 0.717) is 22.6 Å². The Kier molecular flexibility index (Phi) is 7.39. The first-order valence-electron chi connectivity index (χ1n) is 9.56. The fourth-order valence-electron chi connectivity index (χ4n) is 3.15. The number of carbonyl (C=O) groups is 1. The molecule has 0 spiro atoms. The van der Waals surface area contributed by atoms with Gasteiger partial charge in [0, 0.05) is 44.5 Å². The molecule has 6 nitrogen and oxygen atoms in total. The molecule has 0 radical (unpaired) electrons. The molecule has 28 heavy (non-hydrogen) atoms. The second kappa shape index (κ2) is 9.98. The normalized spacial score (nSPS) is 14.2. The van der Waals surface area contributed by atoms with E-state index in [0.717, 1.165) is 38.4 Å². The van der Waals surface area contributed by atoms with Crippen LogP contribution in [0.5, 0.6) is 0 Å². The molecule has 2 heterocycles. The van der Waals surface area contributed by atoms with E-state index in [4.69, 9.17) is 11.6 Å². The lowest BCUT2D eigenvalue weighted by Gasteiger charge is -2.37. The molecule has 1 aliphatic heterocycles. The SMILES string of the molecule is CCCNC(=O)CSc1nc(Cl)cc(N2CCN(c3ccccc3C)CC2)n1. The van der Waals surface area contributed by atoms with Crippen LogP contribution >= 0.6 is 23.4 Å². The quantitative estimate of drug-likeness (QED) is 0.421. The van der Waals surface area contributed by atoms with Crippen molar-refractivity contribution in [3.63, 3.8) is 0 Å². The summed E-state index contributed by atoms with van der Waals surface area (Å²) in [7, 11) is 0. The molecule has 0 aliphatic carbocycles. The number of aryl methyl sites for hydroxylation is 1. The molecular formula is C20H26ClN5OS. The first-order valence-corrected chi connectivity index (χ1v) is 10.9. The van der Waals surface area contributed by atoms with Gasteiger partial charge in [-0.15, -0.1) is 0 Å². The van der Waals surface area contributed by atoms with Crippen LogP contribution in [0.3, 0.4) is 0 Å². The summed E-state index contributed by atoms with van der Waals surface area (Å²) in [6, 6.07) is 10.3. The van der Waals surface area contributed by atoms with Gasteiger partial charge in [0.15, 0.2) is 5.16 Å². The van der Waals surface area contributed by atoms with Crippen molar-refractivity contribution in [2.45, 2.75) is 25.4 Å². The highest BCUT2D eigenvalue weighted by atomic mass is 35.5. The molecule has 1 aromatic heterocycles. The zero-order valence-corrected chi connectivity index (χ0v) is 17.9. The number of nitrogens with one attached hydrogen (secondary N) is 1. The molecule has 1 aliphatic rings. The smallest absolute Gasteiger partial charge is 0.230 e. The number of thioether (sulfide) groups is 1. The zero-order chi connectivity index (χ0) is 19.9. The maximum absolute atomic E-state index is 11.8. The average molecular weight is 420 g/mol. The van der Waals surface area contributed by atoms with Gasteiger partial charge in [-0.3, -0.25) is 4.79 Å². The molecule has 1 aromatic carbocycles. The van der Waals surface area contributed by atoms with Gasteiger partial charge in [0.25, 0.3) is 0 Å². The van der Waals surface area contributed by atoms with E-state index < -0.39 is 0 Å². The van der Waals surface area contributed by atoms with Crippen molar-refractivity contribution in [3.8, 4) is 0 Å². The van der Waals surface area contributed by atoms with Crippen molar-refractivity contribution in [1.29, 1.82) is 0 Å². The third-order valence-corrected chi connectivity index (χ3v) is 5.67. The van der Waals surface area contributed by atoms with Crippen molar-refractivity contribution in [2.24, 2.45) is 0 Å². The largest absolute Gasteiger partial charge is 0.368 e. The van der Waals surface area contributed by atoms with Crippen LogP contribution in [0.1, 0.15) is 18.9 Å². The number of hydrogen-bond acceptors (Lipinski definition) is 6. The predicted molar refractivity (Wildman–Crippen MR) is 117 cm³/mol. The van der Waals surface area contributed by atoms with Gasteiger partial charge in [-0.05, 0) is 25.0 Å². The monoisotopic (exact) mass is 419 g/mol. The summed E-state index contributed by atoms with van der Waals surface area (Å²) in [6.07, 6.45) is 0.919. The molecule has 150 valence electrons. The average Bonchev–Trinajstić information content (AvgIpc) is 2.71. The molecule has 8 heteroatoms. The Morgan fingerprint density at radius 1 is 1.18 bits per heavy atom. The van der Waals surface area contributed by atoms with Crippen molar-refractivity contribution < 1.29 is 4.79 Å². The summed E-state index contributed by atoms with van der Waals surface area (Å²) < 4.78 is 0. The van der Waals surface area contributed by atoms with E-state index in [2.05, 4.69) is 56.3 Å². The molecule has 1 amide bonds. The summed E-state index contributed by atoms with van der Waals surface area (Å²) >= 11 is 7.53. The summed E-state index contributed by atoms with van der Waals surface area (Å²) in [5.41, 5.74) is 2.58. The Morgan fingerprint density at radius 2 is 1.89 bits per heavy atom. The number of aromatic nitrogens is 2. The van der Waals surface area contributed by atoms with Crippen LogP contribution in [-0.4, -0.2) is 54.4 Å². The summed E-state index contributed by atoms with van der Waals surface area (Å²) in [5.74, 6) is 1.10. The molecule has 1 saturated heterocycles. The Balaban J connectivity index is 1.61. The minimum atomic E-state index is -0.0104. The van der Waals surface area contributed by atoms with Gasteiger partial charge in [-0.2, -0.15) is 0 Å². The highest BCUT2D eigenvalue weighted by Gasteiger charge is 2.20. The van der Waals surface area contributed by atoms with Gasteiger partial charge < -0.3 is 15.1 Å². The van der Waals surface area contributed by atoms with E-state index >= 15 is 0 Å². The highest BCUT2D eigenvalue weighted by molar-refractivity contribution is 7.99. The number of amides is 1. The van der Waals surface area contributed by atoms with Crippen molar-refractivity contribution in [1.82, 2.24) is 15.3 Å². The molecule has 1 N–H and O–H groups in total. The molecule has 0 unspecified atom stereocenters. The van der Waals surface area contributed by atoms with Gasteiger partial charge in [-0.1, -0.05) is 48.5 Å². The van der Waals surface area contributed by atoms with Crippen LogP contribution in [0.2, 0.25) is 5.15 Å². The maximum atomic E-state index is 11.8. The van der Waals surface area contributed by atoms with Crippen LogP contribution in [0.15, 0.2) is 35.5 Å². The number of halogens is 1. The van der Waals surface area contributed by atoms with Gasteiger partial charge >= 0.3 is 0 Å². The number of carbonyl (C=O) groups excluding carboxylic acids is 1. The number of hydrogen-bond donors (Lipinski definition) is 1. The van der Waals surface area contributed by atoms with Crippen LogP contribution in [0, 0.1) is 6.92 Å². The second-order valence-electron chi connectivity index (χ2n) is 6.73. The third kappa shape index (κ3) is 5.52. The fourth-order valence-corrected chi connectivity index (χ4v) is 4.06. The lowest BCUT2D eigenvalue weighted by atomic mass is 10.1. The first-order chi connectivity index (χ1) is 13.6. The summed E-state index contributed by atoms with van der Waals surface area (Å²) in [5, 5.41) is 3.80. The minimum Gasteiger partial charge on any atom is -0.368 e. The van der Waals surface area contributed by atoms with Crippen LogP contribution < -0.4 is 15.1 Å². The fraction of sp³-hybridized carbons (Fsp3) is 0.450. The highest BCUT2D eigenvalue weighted by Crippen LogP contribution is 2.25. The van der Waals surface area contributed by atoms with Crippen molar-refractivity contribution in [3.05, 3.63) is 41.0 Å². The van der Waals surface area contributed by atoms with E-state index in [1.165, 1.54) is 23.0 Å². The number of benzene rings is 1. The number of rotatable bonds is 7. The third-order valence-electron chi connectivity index (χ3n) is 4.63. The molecule has 0 saturated carbocycles. The van der Waals surface area contributed by atoms with E-state index in [9.17, 15) is 4.79 Å². The molecule has 0 bridgehead atoms. The molecule has 2 aromatic rings. The van der Waals surface area contributed by atoms with Gasteiger partial charge in [0.2, 0.25) is 5.91 Å². The molecule has 0 atom stereocenters. The first kappa shape index (κ1) is 20.7. The maximum Gasteiger partial charge on any atom is 0.230 e. The summed E-state index contributed by atoms with van der Waals surface area (Å²) in [4.78, 5) is 25.3. The Labute approximate surface area is 175 Å². The lowest BCUT2D eigenvalue weighted by molar-refractivity contribution is -0.118. The molecular weight excluding hydrogens is 394 g/mol. The van der Waals surface area contributed by atoms with E-state index in [-0.39, 0.29) is 5.91 Å². The van der Waals surface area contributed by atoms with Crippen LogP contribution in [-0.2, 0) is 4.79 Å². The van der Waals surface area contributed by atoms with E-state index in [1.54, 1.807) is 6.07 Å². The molecule has 3 rings (SSSR count). The van der Waals surface area contributed by atoms with E-state index in [1.807, 2.05) is 6.92 Å². The van der Waals surface area contributed by atoms with Crippen LogP contribution in [0.25, 0.3) is 0 Å². The number of para-hydroxylation sites is 1. The molecule has 1 fully saturated rings. The Morgan fingerprint density at radius 3 is 2.61 bits per heavy atom. The topological polar surface area (TPSA) is 61.4 Å². The number of anilines is 2. The van der Waals surface area contributed by atoms with Gasteiger partial charge in [0.1, 0.15) is 11.0 Å². The Hall–Kier alpha value is -1.99. The standard InChI is InChI=1S/C20H26ClN5OS/c1-3-8-22-19(27)14-28-20-23-17(21)13-18(24-20)26-11-9-25(10-12-26)16-7-5-4-6-15(16)2/h4-7,13H,3,8-12,14H2,1-2H3,(H,22,27). The van der Waals surface area contributed by atoms with Gasteiger partial charge in [-0.25, -0.2) is 9.97 Å². The van der Waals surface area contributed by atoms with Crippen molar-refractivity contribution in [2.75, 3.05) is 48.3 Å². The number of nitrogens with zero attached hydrogens (tertiary/aromatic N) is 4. The van der Waals surface area contributed by atoms with Crippen molar-refractivity contribution >= 4 is 40.8 Å². The number of piperazine rings is 1. The lowest BCUT2D eigenvalue weighted by Crippen LogP contribution is -2.47. The zero-order valence-electron chi connectivity index (χ0n) is 16.3. The van der Waals surface area contributed by atoms with Crippen LogP contribution in [0.4, 0.5) is 11.5 Å². The predicted octanol–water partition coefficient (Wildman–Crippen LogP) is 3.38. The Bertz CT molecular complexity index is 811.